The first-order valence-electron chi connectivity index (χ1n) is 6.29. The van der Waals surface area contributed by atoms with Crippen LogP contribution in [0, 0.1) is 0 Å². The minimum atomic E-state index is 0.279. The number of fused-ring (bicyclic) bond motifs is 2. The lowest BCUT2D eigenvalue weighted by atomic mass is 10.1. The number of alkyl halides is 1. The van der Waals surface area contributed by atoms with Gasteiger partial charge in [-0.1, -0.05) is 0 Å². The van der Waals surface area contributed by atoms with Gasteiger partial charge >= 0.3 is 0 Å². The summed E-state index contributed by atoms with van der Waals surface area (Å²) in [7, 11) is 0. The second-order valence-electron chi connectivity index (χ2n) is 4.61. The highest BCUT2D eigenvalue weighted by Gasteiger charge is 2.16. The number of ether oxygens (including phenoxy) is 2. The molecule has 0 aliphatic carbocycles. The van der Waals surface area contributed by atoms with E-state index in [1.165, 1.54) is 0 Å². The highest BCUT2D eigenvalue weighted by molar-refractivity contribution is 6.17. The Kier molecular flexibility index (Phi) is 3.34. The molecule has 0 spiro atoms. The molecule has 4 nitrogen and oxygen atoms in total. The zero-order valence-electron chi connectivity index (χ0n) is 10.6. The number of aromatic nitrogens is 1. The lowest BCUT2D eigenvalue weighted by molar-refractivity contribution is 0.174. The van der Waals surface area contributed by atoms with E-state index < -0.39 is 0 Å². The number of halogens is 1. The molecule has 1 N–H and O–H groups in total. The fraction of sp³-hybridized carbons (Fsp3) is 0.357. The van der Waals surface area contributed by atoms with E-state index >= 15 is 0 Å². The number of pyridine rings is 1. The molecule has 1 aliphatic heterocycles. The zero-order valence-corrected chi connectivity index (χ0v) is 11.4. The van der Waals surface area contributed by atoms with Crippen molar-refractivity contribution in [1.82, 2.24) is 4.98 Å². The van der Waals surface area contributed by atoms with Gasteiger partial charge in [0.2, 0.25) is 6.79 Å². The van der Waals surface area contributed by atoms with Crippen LogP contribution in [0.2, 0.25) is 0 Å². The summed E-state index contributed by atoms with van der Waals surface area (Å²) in [6.45, 7) is 2.38. The van der Waals surface area contributed by atoms with Gasteiger partial charge < -0.3 is 14.8 Å². The standard InChI is InChI=1S/C14H15ClN2O2/c1-9(2-4-15)17-14-11-7-13-12(18-8-19-13)6-10(11)3-5-16-14/h3,5-7,9H,2,4,8H2,1H3,(H,16,17). The fourth-order valence-electron chi connectivity index (χ4n) is 2.15. The Hall–Kier alpha value is -1.68. The normalized spacial score (nSPS) is 14.6. The van der Waals surface area contributed by atoms with Crippen molar-refractivity contribution < 1.29 is 9.47 Å². The van der Waals surface area contributed by atoms with Crippen LogP contribution in [0.3, 0.4) is 0 Å². The molecule has 0 amide bonds. The zero-order chi connectivity index (χ0) is 13.2. The topological polar surface area (TPSA) is 43.4 Å². The van der Waals surface area contributed by atoms with Crippen molar-refractivity contribution in [3.8, 4) is 11.5 Å². The largest absolute Gasteiger partial charge is 0.454 e. The summed E-state index contributed by atoms with van der Waals surface area (Å²) in [5, 5.41) is 5.50. The molecule has 1 aliphatic rings. The van der Waals surface area contributed by atoms with Gasteiger partial charge in [0, 0.05) is 23.5 Å². The van der Waals surface area contributed by atoms with Crippen molar-refractivity contribution >= 4 is 28.2 Å². The lowest BCUT2D eigenvalue weighted by Gasteiger charge is -2.15. The molecule has 0 saturated carbocycles. The van der Waals surface area contributed by atoms with Gasteiger partial charge in [0.1, 0.15) is 5.82 Å². The van der Waals surface area contributed by atoms with Crippen LogP contribution < -0.4 is 14.8 Å². The number of nitrogens with zero attached hydrogens (tertiary/aromatic N) is 1. The van der Waals surface area contributed by atoms with Gasteiger partial charge in [-0.05, 0) is 36.9 Å². The molecule has 2 heterocycles. The van der Waals surface area contributed by atoms with E-state index in [1.807, 2.05) is 18.2 Å². The average Bonchev–Trinajstić information content (AvgIpc) is 2.84. The Labute approximate surface area is 116 Å². The quantitative estimate of drug-likeness (QED) is 0.871. The molecule has 1 aromatic carbocycles. The molecule has 1 atom stereocenters. The number of hydrogen-bond donors (Lipinski definition) is 1. The molecule has 1 unspecified atom stereocenters. The molecular formula is C14H15ClN2O2. The van der Waals surface area contributed by atoms with Gasteiger partial charge in [0.25, 0.3) is 0 Å². The molecule has 0 radical (unpaired) electrons. The number of nitrogens with one attached hydrogen (secondary N) is 1. The highest BCUT2D eigenvalue weighted by atomic mass is 35.5. The molecule has 1 aromatic heterocycles. The first-order chi connectivity index (χ1) is 9.28. The van der Waals surface area contributed by atoms with Gasteiger partial charge in [-0.3, -0.25) is 0 Å². The average molecular weight is 279 g/mol. The summed E-state index contributed by atoms with van der Waals surface area (Å²) in [6.07, 6.45) is 2.68. The summed E-state index contributed by atoms with van der Waals surface area (Å²) in [5.41, 5.74) is 0. The smallest absolute Gasteiger partial charge is 0.231 e. The van der Waals surface area contributed by atoms with Gasteiger partial charge in [0.05, 0.1) is 0 Å². The van der Waals surface area contributed by atoms with Crippen LogP contribution in [0.15, 0.2) is 24.4 Å². The molecule has 100 valence electrons. The second kappa shape index (κ2) is 5.13. The van der Waals surface area contributed by atoms with E-state index in [9.17, 15) is 0 Å². The number of hydrogen-bond acceptors (Lipinski definition) is 4. The van der Waals surface area contributed by atoms with Crippen molar-refractivity contribution in [2.75, 3.05) is 18.0 Å². The van der Waals surface area contributed by atoms with E-state index in [0.717, 1.165) is 34.5 Å². The van der Waals surface area contributed by atoms with Crippen molar-refractivity contribution in [3.63, 3.8) is 0 Å². The highest BCUT2D eigenvalue weighted by Crippen LogP contribution is 2.37. The summed E-state index contributed by atoms with van der Waals surface area (Å²) < 4.78 is 10.8. The molecule has 3 rings (SSSR count). The van der Waals surface area contributed by atoms with Crippen molar-refractivity contribution in [1.29, 1.82) is 0 Å². The first kappa shape index (κ1) is 12.4. The predicted molar refractivity (Wildman–Crippen MR) is 76.3 cm³/mol. The molecule has 0 fully saturated rings. The molecule has 0 saturated heterocycles. The number of anilines is 1. The van der Waals surface area contributed by atoms with E-state index in [1.54, 1.807) is 6.20 Å². The minimum Gasteiger partial charge on any atom is -0.454 e. The minimum absolute atomic E-state index is 0.279. The Bertz CT molecular complexity index is 603. The van der Waals surface area contributed by atoms with Crippen LogP contribution in [0.4, 0.5) is 5.82 Å². The van der Waals surface area contributed by atoms with E-state index in [-0.39, 0.29) is 12.8 Å². The summed E-state index contributed by atoms with van der Waals surface area (Å²) in [5.74, 6) is 3.05. The summed E-state index contributed by atoms with van der Waals surface area (Å²) in [6, 6.07) is 6.20. The van der Waals surface area contributed by atoms with Crippen LogP contribution >= 0.6 is 11.6 Å². The fourth-order valence-corrected chi connectivity index (χ4v) is 2.47. The SMILES string of the molecule is CC(CCCl)Nc1nccc2cc3c(cc12)OCO3. The third-order valence-electron chi connectivity index (χ3n) is 3.18. The van der Waals surface area contributed by atoms with Gasteiger partial charge in [-0.15, -0.1) is 11.6 Å². The number of benzene rings is 1. The maximum Gasteiger partial charge on any atom is 0.231 e. The van der Waals surface area contributed by atoms with Crippen LogP contribution in [-0.4, -0.2) is 23.7 Å². The molecule has 0 bridgehead atoms. The second-order valence-corrected chi connectivity index (χ2v) is 4.99. The molecule has 5 heteroatoms. The Morgan fingerprint density at radius 1 is 1.37 bits per heavy atom. The van der Waals surface area contributed by atoms with Crippen LogP contribution in [0.25, 0.3) is 10.8 Å². The lowest BCUT2D eigenvalue weighted by Crippen LogP contribution is -2.16. The van der Waals surface area contributed by atoms with Crippen molar-refractivity contribution in [2.24, 2.45) is 0 Å². The van der Waals surface area contributed by atoms with Gasteiger partial charge in [0.15, 0.2) is 11.5 Å². The van der Waals surface area contributed by atoms with Gasteiger partial charge in [-0.2, -0.15) is 0 Å². The molecular weight excluding hydrogens is 264 g/mol. The molecule has 19 heavy (non-hydrogen) atoms. The Morgan fingerprint density at radius 2 is 2.16 bits per heavy atom. The maximum atomic E-state index is 5.76. The monoisotopic (exact) mass is 278 g/mol. The van der Waals surface area contributed by atoms with E-state index in [0.29, 0.717) is 5.88 Å². The van der Waals surface area contributed by atoms with E-state index in [2.05, 4.69) is 17.2 Å². The predicted octanol–water partition coefficient (Wildman–Crippen LogP) is 3.39. The first-order valence-corrected chi connectivity index (χ1v) is 6.82. The van der Waals surface area contributed by atoms with Crippen molar-refractivity contribution in [3.05, 3.63) is 24.4 Å². The Morgan fingerprint density at radius 3 is 2.95 bits per heavy atom. The summed E-state index contributed by atoms with van der Waals surface area (Å²) in [4.78, 5) is 4.40. The Balaban J connectivity index is 2.00. The maximum absolute atomic E-state index is 5.76. The van der Waals surface area contributed by atoms with Crippen LogP contribution in [0.5, 0.6) is 11.5 Å². The van der Waals surface area contributed by atoms with Crippen LogP contribution in [-0.2, 0) is 0 Å². The summed E-state index contributed by atoms with van der Waals surface area (Å²) >= 11 is 5.76. The van der Waals surface area contributed by atoms with Gasteiger partial charge in [-0.25, -0.2) is 4.98 Å². The van der Waals surface area contributed by atoms with E-state index in [4.69, 9.17) is 21.1 Å². The van der Waals surface area contributed by atoms with Crippen LogP contribution in [0.1, 0.15) is 13.3 Å². The molecule has 2 aromatic rings. The third-order valence-corrected chi connectivity index (χ3v) is 3.40. The number of rotatable bonds is 4. The third kappa shape index (κ3) is 2.40. The van der Waals surface area contributed by atoms with Crippen molar-refractivity contribution in [2.45, 2.75) is 19.4 Å².